The van der Waals surface area contributed by atoms with E-state index < -0.39 is 18.0 Å². The van der Waals surface area contributed by atoms with Gasteiger partial charge >= 0.3 is 5.97 Å². The number of hydrogen-bond acceptors (Lipinski definition) is 4. The lowest BCUT2D eigenvalue weighted by Gasteiger charge is -2.13. The van der Waals surface area contributed by atoms with Crippen molar-refractivity contribution in [2.24, 2.45) is 10.6 Å². The van der Waals surface area contributed by atoms with Gasteiger partial charge in [-0.3, -0.25) is 0 Å². The van der Waals surface area contributed by atoms with E-state index in [0.29, 0.717) is 32.1 Å². The van der Waals surface area contributed by atoms with Crippen molar-refractivity contribution in [3.05, 3.63) is 47.7 Å². The second-order valence-electron chi connectivity index (χ2n) is 5.52. The largest absolute Gasteiger partial charge is 0.513 e. The summed E-state index contributed by atoms with van der Waals surface area (Å²) in [5.74, 6) is -1.22. The van der Waals surface area contributed by atoms with Crippen molar-refractivity contribution in [2.75, 3.05) is 7.11 Å². The number of nitrogens with zero attached hydrogens (tertiary/aromatic N) is 1. The molecule has 0 aromatic heterocycles. The van der Waals surface area contributed by atoms with Gasteiger partial charge < -0.3 is 14.5 Å². The first-order chi connectivity index (χ1) is 11.5. The summed E-state index contributed by atoms with van der Waals surface area (Å²) < 4.78 is 35.4. The summed E-state index contributed by atoms with van der Waals surface area (Å²) in [5.41, 5.74) is -0.141. The first-order valence-corrected chi connectivity index (χ1v) is 8.42. The van der Waals surface area contributed by atoms with Crippen LogP contribution in [0.5, 0.6) is 0 Å². The minimum Gasteiger partial charge on any atom is -0.513 e. The van der Waals surface area contributed by atoms with Crippen LogP contribution >= 0.6 is 0 Å². The normalized spacial score (nSPS) is 26.4. The van der Waals surface area contributed by atoms with Gasteiger partial charge in [-0.15, -0.1) is 0 Å². The van der Waals surface area contributed by atoms with E-state index in [1.54, 1.807) is 6.08 Å². The van der Waals surface area contributed by atoms with Crippen molar-refractivity contribution in [3.63, 3.8) is 0 Å². The molecule has 0 spiro atoms. The number of alkyl halides is 1. The molecule has 132 valence electrons. The molecule has 0 saturated carbocycles. The molecule has 0 saturated heterocycles. The maximum Gasteiger partial charge on any atom is 0.340 e. The predicted molar refractivity (Wildman–Crippen MR) is 91.6 cm³/mol. The van der Waals surface area contributed by atoms with Crippen molar-refractivity contribution < 1.29 is 23.4 Å². The number of carbonyl (C=O) groups excluding carboxylic acids is 1. The molecule has 0 fully saturated rings. The Morgan fingerprint density at radius 2 is 2.33 bits per heavy atom. The fourth-order valence-corrected chi connectivity index (χ4v) is 2.62. The number of aliphatic hydroxyl groups is 1. The number of ether oxygens (including phenoxy) is 1. The number of allylic oxidation sites excluding steroid dienone is 5. The first kappa shape index (κ1) is 20.2. The second kappa shape index (κ2) is 10.8. The third-order valence-electron chi connectivity index (χ3n) is 3.74. The Bertz CT molecular complexity index is 570. The zero-order valence-electron chi connectivity index (χ0n) is 13.8. The van der Waals surface area contributed by atoms with Gasteiger partial charge in [0, 0.05) is 6.42 Å². The van der Waals surface area contributed by atoms with E-state index in [0.717, 1.165) is 6.20 Å². The number of aliphatic hydroxyl groups excluding tert-OH is 1. The van der Waals surface area contributed by atoms with Crippen molar-refractivity contribution >= 4 is 16.0 Å². The van der Waals surface area contributed by atoms with Gasteiger partial charge in [0.2, 0.25) is 0 Å². The molecule has 2 unspecified atom stereocenters. The maximum atomic E-state index is 13.8. The Labute approximate surface area is 143 Å². The molecule has 7 heteroatoms. The molecular weight excluding hydrogens is 332 g/mol. The molecule has 0 heterocycles. The molecule has 0 aromatic carbocycles. The number of methoxy groups -OCH3 is 1. The summed E-state index contributed by atoms with van der Waals surface area (Å²) in [4.78, 5) is 11.6. The number of halogens is 2. The van der Waals surface area contributed by atoms with E-state index in [1.165, 1.54) is 35.4 Å². The van der Waals surface area contributed by atoms with Crippen LogP contribution in [0, 0.1) is 5.92 Å². The van der Waals surface area contributed by atoms with Crippen LogP contribution in [0.1, 0.15) is 32.1 Å². The zero-order valence-corrected chi connectivity index (χ0v) is 15.2. The molecule has 0 aromatic rings. The summed E-state index contributed by atoms with van der Waals surface area (Å²) in [6.45, 7) is 0. The molecule has 0 radical (unpaired) electrons. The second-order valence-corrected chi connectivity index (χ2v) is 5.88. The Hall–Kier alpha value is -1.89. The number of carbonyl (C=O) groups is 1. The van der Waals surface area contributed by atoms with Crippen LogP contribution in [-0.2, 0) is 9.53 Å². The van der Waals surface area contributed by atoms with Gasteiger partial charge in [-0.05, 0) is 37.7 Å². The lowest BCUT2D eigenvalue weighted by atomic mass is 9.93. The SMILES string of the molecule is COC(=O)C(=C/CCC1C/C=C\C(F)/C=C(/O)CC1)/C(F)=C\N=[SiH2]. The Kier molecular flexibility index (Phi) is 9.07. The van der Waals surface area contributed by atoms with Gasteiger partial charge in [0.15, 0.2) is 5.83 Å². The monoisotopic (exact) mass is 355 g/mol. The van der Waals surface area contributed by atoms with E-state index in [2.05, 4.69) is 9.37 Å². The Morgan fingerprint density at radius 1 is 1.58 bits per heavy atom. The summed E-state index contributed by atoms with van der Waals surface area (Å²) >= 11 is 0. The van der Waals surface area contributed by atoms with Gasteiger partial charge in [-0.25, -0.2) is 13.6 Å². The van der Waals surface area contributed by atoms with E-state index >= 15 is 0 Å². The maximum absolute atomic E-state index is 13.8. The fraction of sp³-hybridized carbons (Fsp3) is 0.471. The minimum atomic E-state index is -1.27. The molecule has 0 amide bonds. The van der Waals surface area contributed by atoms with Crippen LogP contribution in [0.2, 0.25) is 0 Å². The number of hydrogen-bond donors (Lipinski definition) is 1. The summed E-state index contributed by atoms with van der Waals surface area (Å²) in [5, 5.41) is 9.62. The molecule has 1 rings (SSSR count). The molecule has 0 aliphatic heterocycles. The summed E-state index contributed by atoms with van der Waals surface area (Å²) in [7, 11) is 2.41. The van der Waals surface area contributed by atoms with E-state index in [4.69, 9.17) is 0 Å². The molecule has 4 nitrogen and oxygen atoms in total. The van der Waals surface area contributed by atoms with Crippen LogP contribution in [-0.4, -0.2) is 34.4 Å². The van der Waals surface area contributed by atoms with E-state index in [-0.39, 0.29) is 17.3 Å². The third kappa shape index (κ3) is 7.12. The first-order valence-electron chi connectivity index (χ1n) is 7.78. The molecule has 1 aliphatic carbocycles. The molecular formula is C17H23F2NO3Si. The van der Waals surface area contributed by atoms with Crippen LogP contribution < -0.4 is 0 Å². The van der Waals surface area contributed by atoms with Crippen molar-refractivity contribution in [2.45, 2.75) is 38.3 Å². The average Bonchev–Trinajstić information content (AvgIpc) is 2.62. The quantitative estimate of drug-likeness (QED) is 0.260. The van der Waals surface area contributed by atoms with Gasteiger partial charge in [0.25, 0.3) is 0 Å². The third-order valence-corrected chi connectivity index (χ3v) is 3.92. The van der Waals surface area contributed by atoms with Crippen LogP contribution in [0.15, 0.2) is 52.3 Å². The highest BCUT2D eigenvalue weighted by molar-refractivity contribution is 5.94. The van der Waals surface area contributed by atoms with Gasteiger partial charge in [-0.2, -0.15) is 0 Å². The Balaban J connectivity index is 2.72. The molecule has 0 bridgehead atoms. The smallest absolute Gasteiger partial charge is 0.340 e. The van der Waals surface area contributed by atoms with Gasteiger partial charge in [0.1, 0.15) is 6.17 Å². The van der Waals surface area contributed by atoms with Gasteiger partial charge in [0.05, 0.1) is 34.7 Å². The van der Waals surface area contributed by atoms with E-state index in [1.807, 2.05) is 0 Å². The van der Waals surface area contributed by atoms with Crippen molar-refractivity contribution in [3.8, 4) is 0 Å². The standard InChI is InChI=1S/C17H23F2NO3Si/c1-23-17(22)15(16(19)11-20-24)7-3-5-12-4-2-6-13(18)10-14(21)9-8-12/h2,6-7,10-13,21H,3-5,8-9,24H2,1H3/b6-2-,14-10+,15-7+,16-11+. The fourth-order valence-electron chi connectivity index (χ4n) is 2.46. The van der Waals surface area contributed by atoms with E-state index in [9.17, 15) is 18.7 Å². The highest BCUT2D eigenvalue weighted by atomic mass is 28.1. The highest BCUT2D eigenvalue weighted by Gasteiger charge is 2.16. The predicted octanol–water partition coefficient (Wildman–Crippen LogP) is 3.63. The average molecular weight is 355 g/mol. The van der Waals surface area contributed by atoms with Crippen LogP contribution in [0.4, 0.5) is 8.78 Å². The van der Waals surface area contributed by atoms with Crippen LogP contribution in [0.3, 0.4) is 0 Å². The van der Waals surface area contributed by atoms with Gasteiger partial charge in [-0.1, -0.05) is 18.2 Å². The zero-order chi connectivity index (χ0) is 17.9. The lowest BCUT2D eigenvalue weighted by Crippen LogP contribution is -2.06. The minimum absolute atomic E-state index is 0.0456. The highest BCUT2D eigenvalue weighted by Crippen LogP contribution is 2.24. The molecule has 1 aliphatic rings. The number of esters is 1. The molecule has 24 heavy (non-hydrogen) atoms. The summed E-state index contributed by atoms with van der Waals surface area (Å²) in [6, 6.07) is 0. The molecule has 1 N–H and O–H groups in total. The lowest BCUT2D eigenvalue weighted by molar-refractivity contribution is -0.136. The van der Waals surface area contributed by atoms with Crippen LogP contribution in [0.25, 0.3) is 0 Å². The summed E-state index contributed by atoms with van der Waals surface area (Å²) in [6.07, 6.45) is 8.51. The number of rotatable bonds is 6. The van der Waals surface area contributed by atoms with Crippen molar-refractivity contribution in [1.82, 2.24) is 0 Å². The Morgan fingerprint density at radius 3 is 3.00 bits per heavy atom. The molecule has 2 atom stereocenters. The van der Waals surface area contributed by atoms with Crippen molar-refractivity contribution in [1.29, 1.82) is 0 Å². The topological polar surface area (TPSA) is 58.9 Å².